The summed E-state index contributed by atoms with van der Waals surface area (Å²) in [7, 11) is 0. The van der Waals surface area contributed by atoms with Gasteiger partial charge < -0.3 is 28.4 Å². The number of esters is 2. The van der Waals surface area contributed by atoms with Gasteiger partial charge in [-0.2, -0.15) is 0 Å². The van der Waals surface area contributed by atoms with E-state index in [9.17, 15) is 9.59 Å². The molecule has 0 aromatic heterocycles. The fourth-order valence-corrected chi connectivity index (χ4v) is 7.62. The van der Waals surface area contributed by atoms with Crippen LogP contribution in [0.15, 0.2) is 218 Å². The summed E-state index contributed by atoms with van der Waals surface area (Å²) in [5.41, 5.74) is 8.08. The number of hydrogen-bond donors (Lipinski definition) is 0. The van der Waals surface area contributed by atoms with Crippen LogP contribution in [0.1, 0.15) is 69.2 Å². The minimum absolute atomic E-state index is 0.0700. The van der Waals surface area contributed by atoms with E-state index in [0.29, 0.717) is 26.4 Å². The van der Waals surface area contributed by atoms with E-state index in [1.807, 2.05) is 218 Å². The smallest absolute Gasteiger partial charge is 0.306 e. The third kappa shape index (κ3) is 14.2. The van der Waals surface area contributed by atoms with Crippen LogP contribution in [0.5, 0.6) is 23.0 Å². The molecule has 0 heterocycles. The average Bonchev–Trinajstić information content (AvgIpc) is 3.40. The van der Waals surface area contributed by atoms with Crippen LogP contribution < -0.4 is 18.9 Å². The molecule has 0 fully saturated rings. The SMILES string of the molecule is O=C(CCC(=O)OCC(c1ccc(OCc2ccccc2)cc1)c1ccc(OCc2ccccc2)cc1)OCC(c1ccc(OCc2ccccc2)cc1)c1ccc(OCc2ccccc2)cc1. The lowest BCUT2D eigenvalue weighted by Crippen LogP contribution is -2.17. The van der Waals surface area contributed by atoms with Crippen molar-refractivity contribution < 1.29 is 38.0 Å². The average molecular weight is 903 g/mol. The summed E-state index contributed by atoms with van der Waals surface area (Å²) >= 11 is 0. The molecule has 0 saturated carbocycles. The lowest BCUT2D eigenvalue weighted by Gasteiger charge is -2.20. The zero-order chi connectivity index (χ0) is 46.6. The van der Waals surface area contributed by atoms with E-state index in [0.717, 1.165) is 67.5 Å². The van der Waals surface area contributed by atoms with Crippen LogP contribution in [-0.2, 0) is 45.5 Å². The molecule has 0 aliphatic rings. The van der Waals surface area contributed by atoms with Crippen LogP contribution in [0.25, 0.3) is 0 Å². The van der Waals surface area contributed by atoms with Gasteiger partial charge in [0.05, 0.1) is 12.8 Å². The Morgan fingerprint density at radius 3 is 0.735 bits per heavy atom. The van der Waals surface area contributed by atoms with Gasteiger partial charge in [-0.1, -0.05) is 170 Å². The van der Waals surface area contributed by atoms with E-state index >= 15 is 0 Å². The van der Waals surface area contributed by atoms with Gasteiger partial charge in [-0.25, -0.2) is 0 Å². The Kier molecular flexibility index (Phi) is 16.7. The molecule has 0 N–H and O–H groups in total. The highest BCUT2D eigenvalue weighted by atomic mass is 16.5. The Labute approximate surface area is 398 Å². The van der Waals surface area contributed by atoms with Gasteiger partial charge in [0.15, 0.2) is 0 Å². The monoisotopic (exact) mass is 902 g/mol. The molecule has 0 unspecified atom stereocenters. The van der Waals surface area contributed by atoms with E-state index < -0.39 is 11.9 Å². The predicted octanol–water partition coefficient (Wildman–Crippen LogP) is 12.8. The zero-order valence-corrected chi connectivity index (χ0v) is 37.9. The second-order valence-corrected chi connectivity index (χ2v) is 16.3. The summed E-state index contributed by atoms with van der Waals surface area (Å²) in [6, 6.07) is 71.3. The van der Waals surface area contributed by atoms with Crippen LogP contribution in [0.2, 0.25) is 0 Å². The Balaban J connectivity index is 0.886. The molecule has 0 amide bonds. The van der Waals surface area contributed by atoms with Gasteiger partial charge in [0.2, 0.25) is 0 Å². The Hall–Kier alpha value is -8.10. The molecule has 0 saturated heterocycles. The van der Waals surface area contributed by atoms with Gasteiger partial charge in [-0.05, 0) is 93.0 Å². The summed E-state index contributed by atoms with van der Waals surface area (Å²) in [6.07, 6.45) is -0.259. The first-order valence-electron chi connectivity index (χ1n) is 22.9. The number of rotatable bonds is 23. The first-order valence-corrected chi connectivity index (χ1v) is 22.9. The molecule has 0 atom stereocenters. The number of ether oxygens (including phenoxy) is 6. The molecule has 8 aromatic rings. The van der Waals surface area contributed by atoms with E-state index in [1.165, 1.54) is 0 Å². The van der Waals surface area contributed by atoms with E-state index in [-0.39, 0.29) is 37.9 Å². The standard InChI is InChI=1S/C60H54O8/c61-59(67-43-57(49-21-29-53(30-22-49)63-39-45-13-5-1-6-14-45)50-23-31-54(32-24-50)64-40-46-15-7-2-8-16-46)37-38-60(62)68-44-58(51-25-33-55(34-26-51)65-41-47-17-9-3-10-18-47)52-27-35-56(36-28-52)66-42-48-19-11-4-12-20-48/h1-36,57-58H,37-44H2. The van der Waals surface area contributed by atoms with Crippen molar-refractivity contribution >= 4 is 11.9 Å². The molecule has 0 spiro atoms. The van der Waals surface area contributed by atoms with Crippen LogP contribution in [0, 0.1) is 0 Å². The van der Waals surface area contributed by atoms with Crippen molar-refractivity contribution in [2.75, 3.05) is 13.2 Å². The molecule has 8 aromatic carbocycles. The Morgan fingerprint density at radius 2 is 0.515 bits per heavy atom. The van der Waals surface area contributed by atoms with Crippen LogP contribution >= 0.6 is 0 Å². The molecule has 8 nitrogen and oxygen atoms in total. The van der Waals surface area contributed by atoms with Crippen molar-refractivity contribution in [2.24, 2.45) is 0 Å². The Morgan fingerprint density at radius 1 is 0.294 bits per heavy atom. The van der Waals surface area contributed by atoms with Gasteiger partial charge >= 0.3 is 11.9 Å². The number of carbonyl (C=O) groups is 2. The lowest BCUT2D eigenvalue weighted by atomic mass is 9.92. The number of carbonyl (C=O) groups excluding carboxylic acids is 2. The lowest BCUT2D eigenvalue weighted by molar-refractivity contribution is -0.150. The molecule has 0 radical (unpaired) electrons. The largest absolute Gasteiger partial charge is 0.489 e. The highest BCUT2D eigenvalue weighted by molar-refractivity contribution is 5.77. The maximum atomic E-state index is 13.3. The molecule has 0 aliphatic carbocycles. The second kappa shape index (κ2) is 24.4. The molecule has 68 heavy (non-hydrogen) atoms. The zero-order valence-electron chi connectivity index (χ0n) is 37.9. The maximum Gasteiger partial charge on any atom is 0.306 e. The summed E-state index contributed by atoms with van der Waals surface area (Å²) < 4.78 is 36.0. The molecule has 0 bridgehead atoms. The second-order valence-electron chi connectivity index (χ2n) is 16.3. The summed E-state index contributed by atoms with van der Waals surface area (Å²) in [4.78, 5) is 26.6. The fraction of sp³-hybridized carbons (Fsp3) is 0.167. The highest BCUT2D eigenvalue weighted by Crippen LogP contribution is 2.31. The van der Waals surface area contributed by atoms with Crippen molar-refractivity contribution in [3.05, 3.63) is 263 Å². The predicted molar refractivity (Wildman–Crippen MR) is 264 cm³/mol. The first kappa shape index (κ1) is 46.4. The highest BCUT2D eigenvalue weighted by Gasteiger charge is 2.21. The van der Waals surface area contributed by atoms with Crippen LogP contribution in [-0.4, -0.2) is 25.2 Å². The van der Waals surface area contributed by atoms with Crippen molar-refractivity contribution in [2.45, 2.75) is 51.1 Å². The van der Waals surface area contributed by atoms with Crippen molar-refractivity contribution in [3.63, 3.8) is 0 Å². The topological polar surface area (TPSA) is 89.5 Å². The van der Waals surface area contributed by atoms with Gasteiger partial charge in [-0.15, -0.1) is 0 Å². The summed E-state index contributed by atoms with van der Waals surface area (Å²) in [5.74, 6) is 1.35. The van der Waals surface area contributed by atoms with Gasteiger partial charge in [0.1, 0.15) is 62.6 Å². The van der Waals surface area contributed by atoms with Crippen molar-refractivity contribution in [1.82, 2.24) is 0 Å². The van der Waals surface area contributed by atoms with E-state index in [2.05, 4.69) is 0 Å². The molecule has 0 aliphatic heterocycles. The molecule has 342 valence electrons. The molecule has 8 rings (SSSR count). The summed E-state index contributed by atoms with van der Waals surface area (Å²) in [6.45, 7) is 1.94. The van der Waals surface area contributed by atoms with Gasteiger partial charge in [0, 0.05) is 11.8 Å². The van der Waals surface area contributed by atoms with E-state index in [1.54, 1.807) is 0 Å². The minimum Gasteiger partial charge on any atom is -0.489 e. The maximum absolute atomic E-state index is 13.3. The molecular formula is C60H54O8. The minimum atomic E-state index is -0.494. The third-order valence-corrected chi connectivity index (χ3v) is 11.5. The quantitative estimate of drug-likeness (QED) is 0.0587. The van der Waals surface area contributed by atoms with Crippen LogP contribution in [0.4, 0.5) is 0 Å². The molecule has 8 heteroatoms. The first-order chi connectivity index (χ1) is 33.5. The summed E-state index contributed by atoms with van der Waals surface area (Å²) in [5, 5.41) is 0. The van der Waals surface area contributed by atoms with Crippen LogP contribution in [0.3, 0.4) is 0 Å². The number of benzene rings is 8. The normalized spacial score (nSPS) is 10.9. The van der Waals surface area contributed by atoms with Gasteiger partial charge in [-0.3, -0.25) is 9.59 Å². The molecular weight excluding hydrogens is 849 g/mol. The van der Waals surface area contributed by atoms with Crippen molar-refractivity contribution in [3.8, 4) is 23.0 Å². The third-order valence-electron chi connectivity index (χ3n) is 11.5. The van der Waals surface area contributed by atoms with Crippen molar-refractivity contribution in [1.29, 1.82) is 0 Å². The van der Waals surface area contributed by atoms with Gasteiger partial charge in [0.25, 0.3) is 0 Å². The number of hydrogen-bond acceptors (Lipinski definition) is 8. The fourth-order valence-electron chi connectivity index (χ4n) is 7.62. The van der Waals surface area contributed by atoms with E-state index in [4.69, 9.17) is 28.4 Å². The Bertz CT molecular complexity index is 2360.